The molecule has 3 heteroatoms. The fourth-order valence-electron chi connectivity index (χ4n) is 2.34. The van der Waals surface area contributed by atoms with Crippen LogP contribution in [-0.2, 0) is 6.42 Å². The van der Waals surface area contributed by atoms with E-state index in [1.54, 1.807) is 0 Å². The number of anilines is 1. The van der Waals surface area contributed by atoms with Crippen LogP contribution in [0.4, 0.5) is 5.69 Å². The molecular formula is C14H21BrN2. The smallest absolute Gasteiger partial charge is 0.0413 e. The van der Waals surface area contributed by atoms with E-state index in [1.807, 2.05) is 0 Å². The van der Waals surface area contributed by atoms with Gasteiger partial charge in [-0.15, -0.1) is 0 Å². The summed E-state index contributed by atoms with van der Waals surface area (Å²) in [6, 6.07) is 7.52. The zero-order chi connectivity index (χ0) is 12.4. The standard InChI is InChI=1S/C14H21BrN2/c1-3-17(13-6-7-13)14-9-12(15)5-4-11(14)8-10(2)16/h4-5,9-10,13H,3,6-8,16H2,1-2H3. The molecular weight excluding hydrogens is 276 g/mol. The van der Waals surface area contributed by atoms with E-state index < -0.39 is 0 Å². The number of benzene rings is 1. The van der Waals surface area contributed by atoms with E-state index in [0.717, 1.165) is 23.5 Å². The second-order valence-corrected chi connectivity index (χ2v) is 5.89. The Balaban J connectivity index is 2.30. The van der Waals surface area contributed by atoms with Crippen molar-refractivity contribution in [2.24, 2.45) is 5.73 Å². The maximum Gasteiger partial charge on any atom is 0.0413 e. The highest BCUT2D eigenvalue weighted by molar-refractivity contribution is 9.10. The van der Waals surface area contributed by atoms with E-state index in [2.05, 4.69) is 52.9 Å². The average Bonchev–Trinajstić information content (AvgIpc) is 3.07. The molecule has 0 radical (unpaired) electrons. The zero-order valence-electron chi connectivity index (χ0n) is 10.6. The van der Waals surface area contributed by atoms with Gasteiger partial charge in [-0.05, 0) is 50.8 Å². The van der Waals surface area contributed by atoms with Crippen LogP contribution in [0.3, 0.4) is 0 Å². The number of hydrogen-bond acceptors (Lipinski definition) is 2. The number of nitrogens with zero attached hydrogens (tertiary/aromatic N) is 1. The van der Waals surface area contributed by atoms with Gasteiger partial charge in [-0.1, -0.05) is 22.0 Å². The van der Waals surface area contributed by atoms with E-state index in [4.69, 9.17) is 5.73 Å². The van der Waals surface area contributed by atoms with Crippen molar-refractivity contribution < 1.29 is 0 Å². The van der Waals surface area contributed by atoms with Crippen LogP contribution in [0.1, 0.15) is 32.3 Å². The number of nitrogens with two attached hydrogens (primary N) is 1. The average molecular weight is 297 g/mol. The molecule has 1 aliphatic rings. The lowest BCUT2D eigenvalue weighted by Gasteiger charge is -2.26. The summed E-state index contributed by atoms with van der Waals surface area (Å²) >= 11 is 3.57. The van der Waals surface area contributed by atoms with Crippen LogP contribution in [0.25, 0.3) is 0 Å². The van der Waals surface area contributed by atoms with Crippen LogP contribution in [-0.4, -0.2) is 18.6 Å². The van der Waals surface area contributed by atoms with Crippen molar-refractivity contribution in [3.8, 4) is 0 Å². The molecule has 1 aliphatic carbocycles. The van der Waals surface area contributed by atoms with Gasteiger partial charge in [0.1, 0.15) is 0 Å². The first-order valence-electron chi connectivity index (χ1n) is 6.42. The summed E-state index contributed by atoms with van der Waals surface area (Å²) in [5.74, 6) is 0. The van der Waals surface area contributed by atoms with Gasteiger partial charge in [0.15, 0.2) is 0 Å². The molecule has 2 nitrogen and oxygen atoms in total. The van der Waals surface area contributed by atoms with E-state index >= 15 is 0 Å². The van der Waals surface area contributed by atoms with Crippen molar-refractivity contribution >= 4 is 21.6 Å². The van der Waals surface area contributed by atoms with Crippen LogP contribution < -0.4 is 10.6 Å². The second-order valence-electron chi connectivity index (χ2n) is 4.97. The maximum absolute atomic E-state index is 5.93. The molecule has 1 unspecified atom stereocenters. The van der Waals surface area contributed by atoms with Gasteiger partial charge in [0.2, 0.25) is 0 Å². The highest BCUT2D eigenvalue weighted by Gasteiger charge is 2.29. The maximum atomic E-state index is 5.93. The molecule has 0 aromatic heterocycles. The Morgan fingerprint density at radius 2 is 2.18 bits per heavy atom. The molecule has 1 fully saturated rings. The van der Waals surface area contributed by atoms with E-state index in [0.29, 0.717) is 0 Å². The third kappa shape index (κ3) is 3.23. The van der Waals surface area contributed by atoms with Crippen molar-refractivity contribution in [2.45, 2.75) is 45.2 Å². The highest BCUT2D eigenvalue weighted by Crippen LogP contribution is 2.35. The Labute approximate surface area is 112 Å². The lowest BCUT2D eigenvalue weighted by molar-refractivity contribution is 0.728. The number of halogens is 1. The van der Waals surface area contributed by atoms with Crippen LogP contribution in [0.5, 0.6) is 0 Å². The summed E-state index contributed by atoms with van der Waals surface area (Å²) in [6.07, 6.45) is 3.61. The highest BCUT2D eigenvalue weighted by atomic mass is 79.9. The first-order chi connectivity index (χ1) is 8.11. The summed E-state index contributed by atoms with van der Waals surface area (Å²) < 4.78 is 1.15. The van der Waals surface area contributed by atoms with Crippen LogP contribution in [0.2, 0.25) is 0 Å². The number of rotatable bonds is 5. The van der Waals surface area contributed by atoms with Gasteiger partial charge in [-0.25, -0.2) is 0 Å². The van der Waals surface area contributed by atoms with Crippen molar-refractivity contribution in [3.05, 3.63) is 28.2 Å². The normalized spacial score (nSPS) is 16.9. The van der Waals surface area contributed by atoms with Gasteiger partial charge in [0.25, 0.3) is 0 Å². The Kier molecular flexibility index (Phi) is 4.10. The Bertz CT molecular complexity index is 386. The van der Waals surface area contributed by atoms with Crippen molar-refractivity contribution in [1.82, 2.24) is 0 Å². The summed E-state index contributed by atoms with van der Waals surface area (Å²) in [7, 11) is 0. The lowest BCUT2D eigenvalue weighted by atomic mass is 10.0. The molecule has 17 heavy (non-hydrogen) atoms. The topological polar surface area (TPSA) is 29.3 Å². The molecule has 94 valence electrons. The third-order valence-corrected chi connectivity index (χ3v) is 3.72. The molecule has 1 saturated carbocycles. The summed E-state index contributed by atoms with van der Waals surface area (Å²) in [4.78, 5) is 2.52. The lowest BCUT2D eigenvalue weighted by Crippen LogP contribution is -2.27. The number of hydrogen-bond donors (Lipinski definition) is 1. The fraction of sp³-hybridized carbons (Fsp3) is 0.571. The van der Waals surface area contributed by atoms with Crippen LogP contribution in [0.15, 0.2) is 22.7 Å². The SMILES string of the molecule is CCN(c1cc(Br)ccc1CC(C)N)C1CC1. The summed E-state index contributed by atoms with van der Waals surface area (Å²) in [5.41, 5.74) is 8.67. The molecule has 0 spiro atoms. The van der Waals surface area contributed by atoms with E-state index in [1.165, 1.54) is 24.1 Å². The molecule has 0 amide bonds. The summed E-state index contributed by atoms with van der Waals surface area (Å²) in [5, 5.41) is 0. The first-order valence-corrected chi connectivity index (χ1v) is 7.21. The minimum absolute atomic E-state index is 0.216. The molecule has 0 bridgehead atoms. The first kappa shape index (κ1) is 12.9. The molecule has 0 aliphatic heterocycles. The minimum atomic E-state index is 0.216. The van der Waals surface area contributed by atoms with Gasteiger partial charge >= 0.3 is 0 Å². The van der Waals surface area contributed by atoms with Crippen molar-refractivity contribution in [1.29, 1.82) is 0 Å². The molecule has 1 atom stereocenters. The van der Waals surface area contributed by atoms with Gasteiger partial charge in [-0.3, -0.25) is 0 Å². The van der Waals surface area contributed by atoms with Gasteiger partial charge in [0.05, 0.1) is 0 Å². The molecule has 1 aromatic rings. The molecule has 0 saturated heterocycles. The quantitative estimate of drug-likeness (QED) is 0.903. The van der Waals surface area contributed by atoms with Crippen LogP contribution in [0, 0.1) is 0 Å². The molecule has 0 heterocycles. The van der Waals surface area contributed by atoms with Crippen LogP contribution >= 0.6 is 15.9 Å². The predicted octanol–water partition coefficient (Wildman–Crippen LogP) is 3.33. The largest absolute Gasteiger partial charge is 0.369 e. The van der Waals surface area contributed by atoms with E-state index in [9.17, 15) is 0 Å². The van der Waals surface area contributed by atoms with Crippen molar-refractivity contribution in [3.63, 3.8) is 0 Å². The zero-order valence-corrected chi connectivity index (χ0v) is 12.2. The van der Waals surface area contributed by atoms with E-state index in [-0.39, 0.29) is 6.04 Å². The van der Waals surface area contributed by atoms with Gasteiger partial charge in [0, 0.05) is 28.8 Å². The molecule has 2 N–H and O–H groups in total. The second kappa shape index (κ2) is 5.40. The third-order valence-electron chi connectivity index (χ3n) is 3.23. The Morgan fingerprint density at radius 1 is 1.47 bits per heavy atom. The minimum Gasteiger partial charge on any atom is -0.369 e. The Morgan fingerprint density at radius 3 is 2.71 bits per heavy atom. The monoisotopic (exact) mass is 296 g/mol. The van der Waals surface area contributed by atoms with Gasteiger partial charge in [-0.2, -0.15) is 0 Å². The fourth-order valence-corrected chi connectivity index (χ4v) is 2.68. The van der Waals surface area contributed by atoms with Crippen molar-refractivity contribution in [2.75, 3.05) is 11.4 Å². The van der Waals surface area contributed by atoms with Gasteiger partial charge < -0.3 is 10.6 Å². The predicted molar refractivity (Wildman–Crippen MR) is 77.5 cm³/mol. The Hall–Kier alpha value is -0.540. The molecule has 2 rings (SSSR count). The summed E-state index contributed by atoms with van der Waals surface area (Å²) in [6.45, 7) is 5.38. The molecule has 1 aromatic carbocycles.